The molecule has 182 valence electrons. The number of allylic oxidation sites excluding steroid dienone is 1. The number of fused-ring (bicyclic) bond motifs is 2. The highest BCUT2D eigenvalue weighted by atomic mass is 35.5. The van der Waals surface area contributed by atoms with Crippen LogP contribution in [0.15, 0.2) is 48.8 Å². The highest BCUT2D eigenvalue weighted by Crippen LogP contribution is 2.53. The monoisotopic (exact) mass is 509 g/mol. The van der Waals surface area contributed by atoms with E-state index in [4.69, 9.17) is 16.3 Å². The maximum atomic E-state index is 12.4. The Morgan fingerprint density at radius 2 is 2.06 bits per heavy atom. The van der Waals surface area contributed by atoms with Crippen molar-refractivity contribution >= 4 is 60.1 Å². The van der Waals surface area contributed by atoms with E-state index in [1.54, 1.807) is 6.08 Å². The second-order valence-electron chi connectivity index (χ2n) is 9.29. The van der Waals surface area contributed by atoms with Crippen LogP contribution >= 0.6 is 20.8 Å². The Balaban J connectivity index is 1.39. The summed E-state index contributed by atoms with van der Waals surface area (Å²) < 4.78 is 6.20. The normalized spacial score (nSPS) is 21.3. The van der Waals surface area contributed by atoms with Gasteiger partial charge in [0.1, 0.15) is 17.9 Å². The minimum absolute atomic E-state index is 0.217. The number of aromatic nitrogens is 2. The Labute approximate surface area is 212 Å². The smallest absolute Gasteiger partial charge is 0.248 e. The maximum absolute atomic E-state index is 12.4. The summed E-state index contributed by atoms with van der Waals surface area (Å²) >= 11 is 6.28. The maximum Gasteiger partial charge on any atom is 0.248 e. The van der Waals surface area contributed by atoms with E-state index in [0.717, 1.165) is 46.1 Å². The Kier molecular flexibility index (Phi) is 6.92. The number of carbonyl (C=O) groups excluding carboxylic acids is 1. The quantitative estimate of drug-likeness (QED) is 0.341. The Morgan fingerprint density at radius 3 is 2.80 bits per heavy atom. The van der Waals surface area contributed by atoms with E-state index in [1.165, 1.54) is 25.5 Å². The number of likely N-dealkylation sites (tertiary alicyclic amines) is 1. The first kappa shape index (κ1) is 24.0. The predicted octanol–water partition coefficient (Wildman–Crippen LogP) is 4.62. The van der Waals surface area contributed by atoms with Crippen LogP contribution in [0.4, 0.5) is 17.2 Å². The Hall–Kier alpha value is -2.73. The predicted molar refractivity (Wildman–Crippen MR) is 145 cm³/mol. The topological polar surface area (TPSA) is 79.4 Å². The van der Waals surface area contributed by atoms with Crippen LogP contribution in [-0.2, 0) is 4.79 Å². The number of carbonyl (C=O) groups is 1. The molecule has 7 nitrogen and oxygen atoms in total. The third kappa shape index (κ3) is 5.27. The molecule has 2 fully saturated rings. The van der Waals surface area contributed by atoms with Crippen LogP contribution < -0.4 is 20.7 Å². The summed E-state index contributed by atoms with van der Waals surface area (Å²) in [5, 5.41) is 8.59. The first-order valence-corrected chi connectivity index (χ1v) is 12.7. The number of nitrogens with zero attached hydrogens (tertiary/aromatic N) is 3. The molecule has 35 heavy (non-hydrogen) atoms. The number of rotatable bonds is 8. The summed E-state index contributed by atoms with van der Waals surface area (Å²) in [6.45, 7) is 4.79. The summed E-state index contributed by atoms with van der Waals surface area (Å²) in [7, 11) is 4.79. The molecule has 2 heterocycles. The van der Waals surface area contributed by atoms with Gasteiger partial charge in [0.05, 0.1) is 17.8 Å². The molecule has 0 spiro atoms. The van der Waals surface area contributed by atoms with Crippen molar-refractivity contribution in [2.24, 2.45) is 17.8 Å². The number of hydrogen-bond acceptors (Lipinski definition) is 6. The standard InChI is InChI=1S/C26H29ClN5O2P/c1-3-4-25(33)31-22-10-17-21(11-23(22)34-8-7-16-18-12-32(2)13-19(16)18)28-14-29-26(17)30-15-5-6-24(35)20(27)9-15/h3-6,9-11,14,16,18-19H,7-8,12-13,35H2,1-2H3,(H,31,33)(H,28,29,30)/b4-3+/t16-,18-,19+. The molecule has 2 N–H and O–H groups in total. The lowest BCUT2D eigenvalue weighted by molar-refractivity contribution is -0.111. The van der Waals surface area contributed by atoms with Gasteiger partial charge < -0.3 is 20.3 Å². The van der Waals surface area contributed by atoms with Gasteiger partial charge in [-0.1, -0.05) is 23.7 Å². The Bertz CT molecular complexity index is 1290. The summed E-state index contributed by atoms with van der Waals surface area (Å²) in [6.07, 6.45) is 5.73. The second-order valence-corrected chi connectivity index (χ2v) is 10.3. The van der Waals surface area contributed by atoms with Gasteiger partial charge in [0.15, 0.2) is 0 Å². The van der Waals surface area contributed by atoms with Crippen LogP contribution in [-0.4, -0.2) is 47.5 Å². The van der Waals surface area contributed by atoms with E-state index in [2.05, 4.69) is 41.8 Å². The first-order valence-electron chi connectivity index (χ1n) is 11.8. The van der Waals surface area contributed by atoms with E-state index in [0.29, 0.717) is 28.9 Å². The van der Waals surface area contributed by atoms with Gasteiger partial charge >= 0.3 is 0 Å². The molecule has 0 bridgehead atoms. The van der Waals surface area contributed by atoms with Gasteiger partial charge in [-0.2, -0.15) is 0 Å². The fraction of sp³-hybridized carbons (Fsp3) is 0.346. The van der Waals surface area contributed by atoms with Crippen LogP contribution in [0, 0.1) is 17.8 Å². The van der Waals surface area contributed by atoms with Crippen molar-refractivity contribution in [3.8, 4) is 5.75 Å². The molecule has 1 aromatic heterocycles. The molecule has 5 rings (SSSR count). The van der Waals surface area contributed by atoms with Gasteiger partial charge in [0.25, 0.3) is 0 Å². The molecule has 1 saturated carbocycles. The third-order valence-corrected chi connectivity index (χ3v) is 7.85. The summed E-state index contributed by atoms with van der Waals surface area (Å²) in [5.74, 6) is 3.37. The summed E-state index contributed by atoms with van der Waals surface area (Å²) in [5.41, 5.74) is 2.12. The van der Waals surface area contributed by atoms with Crippen molar-refractivity contribution < 1.29 is 9.53 Å². The molecule has 4 atom stereocenters. The van der Waals surface area contributed by atoms with Gasteiger partial charge in [-0.3, -0.25) is 4.79 Å². The lowest BCUT2D eigenvalue weighted by atomic mass is 10.1. The average molecular weight is 510 g/mol. The molecule has 1 unspecified atom stereocenters. The van der Waals surface area contributed by atoms with Crippen LogP contribution in [0.3, 0.4) is 0 Å². The zero-order chi connectivity index (χ0) is 24.5. The van der Waals surface area contributed by atoms with Gasteiger partial charge in [0, 0.05) is 35.3 Å². The van der Waals surface area contributed by atoms with Crippen molar-refractivity contribution in [2.75, 3.05) is 37.4 Å². The number of ether oxygens (including phenoxy) is 1. The average Bonchev–Trinajstić information content (AvgIpc) is 3.28. The van der Waals surface area contributed by atoms with Crippen LogP contribution in [0.5, 0.6) is 5.75 Å². The number of amides is 1. The van der Waals surface area contributed by atoms with Crippen LogP contribution in [0.1, 0.15) is 13.3 Å². The molecule has 1 aliphatic carbocycles. The van der Waals surface area contributed by atoms with E-state index < -0.39 is 0 Å². The molecule has 1 amide bonds. The highest BCUT2D eigenvalue weighted by Gasteiger charge is 2.53. The third-order valence-electron chi connectivity index (χ3n) is 6.84. The van der Waals surface area contributed by atoms with Crippen LogP contribution in [0.25, 0.3) is 10.9 Å². The fourth-order valence-corrected chi connectivity index (χ4v) is 5.42. The fourth-order valence-electron chi connectivity index (χ4n) is 5.06. The van der Waals surface area contributed by atoms with E-state index in [9.17, 15) is 4.79 Å². The zero-order valence-electron chi connectivity index (χ0n) is 19.8. The van der Waals surface area contributed by atoms with E-state index in [1.807, 2.05) is 37.3 Å². The largest absolute Gasteiger partial charge is 0.491 e. The number of anilines is 3. The van der Waals surface area contributed by atoms with Gasteiger partial charge in [-0.15, -0.1) is 9.24 Å². The van der Waals surface area contributed by atoms with Crippen molar-refractivity contribution in [3.05, 3.63) is 53.8 Å². The number of nitrogens with one attached hydrogen (secondary N) is 2. The van der Waals surface area contributed by atoms with Crippen molar-refractivity contribution in [1.29, 1.82) is 0 Å². The highest BCUT2D eigenvalue weighted by molar-refractivity contribution is 7.28. The van der Waals surface area contributed by atoms with Gasteiger partial charge in [-0.25, -0.2) is 9.97 Å². The SMILES string of the molecule is C/C=C/C(=O)Nc1cc2c(Nc3ccc(P)c(Cl)c3)ncnc2cc1OCC[C@@H]1[C@H]2CN(C)C[C@@H]12. The molecule has 2 aliphatic rings. The zero-order valence-corrected chi connectivity index (χ0v) is 21.7. The molecule has 0 radical (unpaired) electrons. The molecule has 9 heteroatoms. The number of piperidine rings is 1. The minimum atomic E-state index is -0.217. The van der Waals surface area contributed by atoms with E-state index in [-0.39, 0.29) is 5.91 Å². The lowest BCUT2D eigenvalue weighted by Gasteiger charge is -2.16. The number of halogens is 1. The second kappa shape index (κ2) is 10.1. The van der Waals surface area contributed by atoms with Gasteiger partial charge in [-0.05, 0) is 67.7 Å². The van der Waals surface area contributed by atoms with Crippen molar-refractivity contribution in [1.82, 2.24) is 14.9 Å². The van der Waals surface area contributed by atoms with Crippen molar-refractivity contribution in [2.45, 2.75) is 13.3 Å². The summed E-state index contributed by atoms with van der Waals surface area (Å²) in [6, 6.07) is 9.42. The molecule has 2 aromatic carbocycles. The number of hydrogen-bond donors (Lipinski definition) is 2. The summed E-state index contributed by atoms with van der Waals surface area (Å²) in [4.78, 5) is 23.7. The minimum Gasteiger partial charge on any atom is -0.491 e. The molecule has 3 aromatic rings. The van der Waals surface area contributed by atoms with E-state index >= 15 is 0 Å². The van der Waals surface area contributed by atoms with Crippen molar-refractivity contribution in [3.63, 3.8) is 0 Å². The van der Waals surface area contributed by atoms with Crippen LogP contribution in [0.2, 0.25) is 5.02 Å². The molecular weight excluding hydrogens is 481 g/mol. The molecule has 1 aliphatic heterocycles. The first-order chi connectivity index (χ1) is 16.9. The van der Waals surface area contributed by atoms with Gasteiger partial charge in [0.2, 0.25) is 5.91 Å². The molecular formula is C26H29ClN5O2P. The lowest BCUT2D eigenvalue weighted by Crippen LogP contribution is -2.19. The Morgan fingerprint density at radius 1 is 1.26 bits per heavy atom. The molecule has 1 saturated heterocycles. The number of benzene rings is 2.